The van der Waals surface area contributed by atoms with Gasteiger partial charge >= 0.3 is 5.97 Å². The number of rotatable bonds is 7. The highest BCUT2D eigenvalue weighted by atomic mass is 32.2. The van der Waals surface area contributed by atoms with E-state index < -0.39 is 17.6 Å². The first-order valence-electron chi connectivity index (χ1n) is 10.4. The van der Waals surface area contributed by atoms with Crippen molar-refractivity contribution in [2.45, 2.75) is 31.3 Å². The van der Waals surface area contributed by atoms with Crippen molar-refractivity contribution in [3.05, 3.63) is 94.3 Å². The van der Waals surface area contributed by atoms with Crippen LogP contribution < -0.4 is 0 Å². The van der Waals surface area contributed by atoms with Crippen molar-refractivity contribution in [1.82, 2.24) is 9.55 Å². The van der Waals surface area contributed by atoms with E-state index in [-0.39, 0.29) is 23.7 Å². The number of carbonyl (C=O) groups is 1. The lowest BCUT2D eigenvalue weighted by atomic mass is 10.1. The highest BCUT2D eigenvalue weighted by Gasteiger charge is 2.18. The lowest BCUT2D eigenvalue weighted by Crippen LogP contribution is -2.05. The van der Waals surface area contributed by atoms with E-state index in [1.165, 1.54) is 36.0 Å². The standard InChI is InChI=1S/C25H21F3N2O2S/c1-3-32-24(31)17-8-10-22-21(12-17)29-25(30(22)13-16-5-4-6-18(26)11-16)33-14-19-20(27)9-7-15(2)23(19)28/h4-12H,3,13-14H2,1-2H3. The average Bonchev–Trinajstić information content (AvgIpc) is 3.13. The Hall–Kier alpha value is -3.26. The van der Waals surface area contributed by atoms with Crippen LogP contribution in [-0.2, 0) is 17.0 Å². The third-order valence-electron chi connectivity index (χ3n) is 5.18. The van der Waals surface area contributed by atoms with Gasteiger partial charge in [-0.25, -0.2) is 22.9 Å². The number of nitrogens with zero attached hydrogens (tertiary/aromatic N) is 2. The molecule has 0 spiro atoms. The Bertz CT molecular complexity index is 1340. The Morgan fingerprint density at radius 3 is 2.67 bits per heavy atom. The van der Waals surface area contributed by atoms with Gasteiger partial charge in [-0.1, -0.05) is 30.0 Å². The van der Waals surface area contributed by atoms with Gasteiger partial charge < -0.3 is 9.30 Å². The Balaban J connectivity index is 1.74. The zero-order valence-corrected chi connectivity index (χ0v) is 18.9. The van der Waals surface area contributed by atoms with Gasteiger partial charge in [-0.3, -0.25) is 0 Å². The second kappa shape index (κ2) is 9.70. The minimum Gasteiger partial charge on any atom is -0.462 e. The third kappa shape index (κ3) is 4.90. The Labute approximate surface area is 193 Å². The van der Waals surface area contributed by atoms with E-state index in [1.807, 2.05) is 4.57 Å². The highest BCUT2D eigenvalue weighted by molar-refractivity contribution is 7.98. The molecular formula is C25H21F3N2O2S. The van der Waals surface area contributed by atoms with Crippen LogP contribution in [0.5, 0.6) is 0 Å². The number of benzene rings is 3. The smallest absolute Gasteiger partial charge is 0.338 e. The van der Waals surface area contributed by atoms with Crippen molar-refractivity contribution >= 4 is 28.8 Å². The van der Waals surface area contributed by atoms with Crippen LogP contribution in [0, 0.1) is 24.4 Å². The lowest BCUT2D eigenvalue weighted by Gasteiger charge is -2.11. The predicted molar refractivity (Wildman–Crippen MR) is 122 cm³/mol. The number of imidazole rings is 1. The molecule has 0 aliphatic carbocycles. The zero-order valence-electron chi connectivity index (χ0n) is 18.1. The van der Waals surface area contributed by atoms with Crippen LogP contribution in [0.4, 0.5) is 13.2 Å². The Kier molecular flexibility index (Phi) is 6.74. The number of hydrogen-bond donors (Lipinski definition) is 0. The van der Waals surface area contributed by atoms with E-state index in [9.17, 15) is 18.0 Å². The molecule has 0 atom stereocenters. The number of thioether (sulfide) groups is 1. The number of fused-ring (bicyclic) bond motifs is 1. The summed E-state index contributed by atoms with van der Waals surface area (Å²) < 4.78 is 49.4. The number of hydrogen-bond acceptors (Lipinski definition) is 4. The molecule has 4 rings (SSSR count). The van der Waals surface area contributed by atoms with E-state index in [4.69, 9.17) is 4.74 Å². The molecule has 0 fully saturated rings. The number of carbonyl (C=O) groups excluding carboxylic acids is 1. The topological polar surface area (TPSA) is 44.1 Å². The number of aromatic nitrogens is 2. The van der Waals surface area contributed by atoms with Crippen molar-refractivity contribution in [1.29, 1.82) is 0 Å². The zero-order chi connectivity index (χ0) is 23.5. The summed E-state index contributed by atoms with van der Waals surface area (Å²) in [7, 11) is 0. The van der Waals surface area contributed by atoms with Gasteiger partial charge in [0, 0.05) is 11.3 Å². The van der Waals surface area contributed by atoms with Crippen molar-refractivity contribution in [2.24, 2.45) is 0 Å². The van der Waals surface area contributed by atoms with Gasteiger partial charge in [-0.2, -0.15) is 0 Å². The number of aryl methyl sites for hydroxylation is 1. The maximum atomic E-state index is 14.5. The van der Waals surface area contributed by atoms with E-state index in [0.29, 0.717) is 39.4 Å². The fourth-order valence-electron chi connectivity index (χ4n) is 3.51. The maximum Gasteiger partial charge on any atom is 0.338 e. The summed E-state index contributed by atoms with van der Waals surface area (Å²) in [5.74, 6) is -2.00. The normalized spacial score (nSPS) is 11.2. The van der Waals surface area contributed by atoms with Crippen molar-refractivity contribution in [2.75, 3.05) is 6.61 Å². The van der Waals surface area contributed by atoms with Gasteiger partial charge in [0.1, 0.15) is 17.5 Å². The number of halogens is 3. The van der Waals surface area contributed by atoms with Crippen LogP contribution in [0.25, 0.3) is 11.0 Å². The largest absolute Gasteiger partial charge is 0.462 e. The number of esters is 1. The van der Waals surface area contributed by atoms with Gasteiger partial charge in [0.05, 0.1) is 29.7 Å². The molecule has 0 aliphatic heterocycles. The average molecular weight is 471 g/mol. The first-order valence-corrected chi connectivity index (χ1v) is 11.3. The second-order valence-corrected chi connectivity index (χ2v) is 8.42. The van der Waals surface area contributed by atoms with Crippen molar-refractivity contribution in [3.63, 3.8) is 0 Å². The summed E-state index contributed by atoms with van der Waals surface area (Å²) >= 11 is 1.17. The molecule has 0 saturated carbocycles. The lowest BCUT2D eigenvalue weighted by molar-refractivity contribution is 0.0526. The first kappa shape index (κ1) is 22.9. The molecule has 170 valence electrons. The molecule has 33 heavy (non-hydrogen) atoms. The Morgan fingerprint density at radius 2 is 1.91 bits per heavy atom. The highest BCUT2D eigenvalue weighted by Crippen LogP contribution is 2.30. The molecule has 0 N–H and O–H groups in total. The van der Waals surface area contributed by atoms with Crippen molar-refractivity contribution < 1.29 is 22.7 Å². The molecule has 3 aromatic carbocycles. The predicted octanol–water partition coefficient (Wildman–Crippen LogP) is 6.28. The molecule has 1 heterocycles. The van der Waals surface area contributed by atoms with Gasteiger partial charge in [-0.05, 0) is 61.4 Å². The maximum absolute atomic E-state index is 14.5. The van der Waals surface area contributed by atoms with E-state index in [2.05, 4.69) is 4.98 Å². The minimum atomic E-state index is -0.622. The van der Waals surface area contributed by atoms with Crippen LogP contribution in [0.2, 0.25) is 0 Å². The van der Waals surface area contributed by atoms with Gasteiger partial charge in [0.15, 0.2) is 5.16 Å². The van der Waals surface area contributed by atoms with Gasteiger partial charge in [0.25, 0.3) is 0 Å². The van der Waals surface area contributed by atoms with Crippen molar-refractivity contribution in [3.8, 4) is 0 Å². The summed E-state index contributed by atoms with van der Waals surface area (Å²) in [5.41, 5.74) is 2.63. The summed E-state index contributed by atoms with van der Waals surface area (Å²) in [6.45, 7) is 3.86. The molecule has 0 amide bonds. The molecule has 4 aromatic rings. The van der Waals surface area contributed by atoms with Crippen LogP contribution in [0.1, 0.15) is 34.0 Å². The van der Waals surface area contributed by atoms with E-state index in [1.54, 1.807) is 44.2 Å². The SMILES string of the molecule is CCOC(=O)c1ccc2c(c1)nc(SCc1c(F)ccc(C)c1F)n2Cc1cccc(F)c1. The molecule has 4 nitrogen and oxygen atoms in total. The van der Waals surface area contributed by atoms with E-state index in [0.717, 1.165) is 0 Å². The van der Waals surface area contributed by atoms with Crippen LogP contribution in [-0.4, -0.2) is 22.1 Å². The summed E-state index contributed by atoms with van der Waals surface area (Å²) in [6.07, 6.45) is 0. The molecule has 0 aliphatic rings. The Morgan fingerprint density at radius 1 is 1.09 bits per heavy atom. The van der Waals surface area contributed by atoms with E-state index >= 15 is 0 Å². The molecular weight excluding hydrogens is 449 g/mol. The minimum absolute atomic E-state index is 0.0244. The molecule has 0 radical (unpaired) electrons. The molecule has 0 unspecified atom stereocenters. The quantitative estimate of drug-likeness (QED) is 0.236. The number of ether oxygens (including phenoxy) is 1. The molecule has 8 heteroatoms. The third-order valence-corrected chi connectivity index (χ3v) is 6.18. The molecule has 1 aromatic heterocycles. The summed E-state index contributed by atoms with van der Waals surface area (Å²) in [6, 6.07) is 13.8. The summed E-state index contributed by atoms with van der Waals surface area (Å²) in [5, 5.41) is 0.496. The fraction of sp³-hybridized carbons (Fsp3) is 0.200. The van der Waals surface area contributed by atoms with Crippen LogP contribution in [0.15, 0.2) is 59.8 Å². The van der Waals surface area contributed by atoms with Gasteiger partial charge in [0.2, 0.25) is 0 Å². The van der Waals surface area contributed by atoms with Crippen LogP contribution >= 0.6 is 11.8 Å². The fourth-order valence-corrected chi connectivity index (χ4v) is 4.53. The van der Waals surface area contributed by atoms with Crippen LogP contribution in [0.3, 0.4) is 0 Å². The van der Waals surface area contributed by atoms with Gasteiger partial charge in [-0.15, -0.1) is 0 Å². The first-order chi connectivity index (χ1) is 15.9. The monoisotopic (exact) mass is 470 g/mol. The molecule has 0 bridgehead atoms. The summed E-state index contributed by atoms with van der Waals surface area (Å²) in [4.78, 5) is 16.7. The second-order valence-electron chi connectivity index (χ2n) is 7.48. The molecule has 0 saturated heterocycles.